The molecule has 1 atom stereocenters. The molecule has 1 rings (SSSR count). The Morgan fingerprint density at radius 1 is 1.56 bits per heavy atom. The number of amides is 1. The number of rotatable bonds is 5. The summed E-state index contributed by atoms with van der Waals surface area (Å²) in [7, 11) is 0. The number of carbonyl (C=O) groups excluding carboxylic acids is 1. The molecule has 0 aromatic heterocycles. The first-order chi connectivity index (χ1) is 8.58. The highest BCUT2D eigenvalue weighted by Gasteiger charge is 2.21. The van der Waals surface area contributed by atoms with E-state index >= 15 is 0 Å². The Labute approximate surface area is 108 Å². The molecule has 1 aliphatic rings. The highest BCUT2D eigenvalue weighted by molar-refractivity contribution is 6.01. The van der Waals surface area contributed by atoms with Crippen molar-refractivity contribution in [1.82, 2.24) is 10.2 Å². The molecule has 1 unspecified atom stereocenters. The first kappa shape index (κ1) is 14.8. The molecule has 1 heterocycles. The van der Waals surface area contributed by atoms with E-state index in [9.17, 15) is 4.79 Å². The van der Waals surface area contributed by atoms with Crippen LogP contribution in [0.5, 0.6) is 0 Å². The van der Waals surface area contributed by atoms with Gasteiger partial charge in [0.1, 0.15) is 0 Å². The van der Waals surface area contributed by atoms with Gasteiger partial charge in [0.25, 0.3) is 0 Å². The maximum absolute atomic E-state index is 11.7. The van der Waals surface area contributed by atoms with Gasteiger partial charge in [0.2, 0.25) is 5.91 Å². The molecule has 1 aliphatic heterocycles. The lowest BCUT2D eigenvalue weighted by atomic mass is 9.96. The quantitative estimate of drug-likeness (QED) is 0.284. The smallest absolute Gasteiger partial charge is 0.230 e. The Kier molecular flexibility index (Phi) is 5.91. The zero-order valence-corrected chi connectivity index (χ0v) is 11.2. The molecule has 18 heavy (non-hydrogen) atoms. The maximum atomic E-state index is 11.7. The van der Waals surface area contributed by atoms with Crippen LogP contribution in [0.25, 0.3) is 0 Å². The molecular weight excluding hydrogens is 232 g/mol. The lowest BCUT2D eigenvalue weighted by molar-refractivity contribution is -0.122. The van der Waals surface area contributed by atoms with Crippen molar-refractivity contribution in [2.24, 2.45) is 22.7 Å². The molecule has 0 spiro atoms. The minimum atomic E-state index is -0.578. The van der Waals surface area contributed by atoms with Crippen LogP contribution in [0.2, 0.25) is 0 Å². The van der Waals surface area contributed by atoms with Crippen molar-refractivity contribution < 1.29 is 10.0 Å². The Hall–Kier alpha value is -1.30. The van der Waals surface area contributed by atoms with Gasteiger partial charge in [-0.1, -0.05) is 12.1 Å². The van der Waals surface area contributed by atoms with Crippen LogP contribution in [0.3, 0.4) is 0 Å². The van der Waals surface area contributed by atoms with Gasteiger partial charge in [0, 0.05) is 6.54 Å². The van der Waals surface area contributed by atoms with E-state index in [1.165, 1.54) is 0 Å². The average Bonchev–Trinajstić information content (AvgIpc) is 2.43. The van der Waals surface area contributed by atoms with Crippen LogP contribution in [0.15, 0.2) is 5.16 Å². The number of nitrogens with zero attached hydrogens (tertiary/aromatic N) is 2. The van der Waals surface area contributed by atoms with Gasteiger partial charge in [-0.3, -0.25) is 4.79 Å². The summed E-state index contributed by atoms with van der Waals surface area (Å²) in [5.74, 6) is -0.265. The van der Waals surface area contributed by atoms with Crippen LogP contribution in [0, 0.1) is 11.8 Å². The third kappa shape index (κ3) is 4.18. The lowest BCUT2D eigenvalue weighted by Crippen LogP contribution is -2.42. The molecule has 1 saturated heterocycles. The van der Waals surface area contributed by atoms with Crippen LogP contribution >= 0.6 is 0 Å². The fourth-order valence-corrected chi connectivity index (χ4v) is 2.13. The Morgan fingerprint density at radius 2 is 2.17 bits per heavy atom. The zero-order valence-electron chi connectivity index (χ0n) is 11.2. The first-order valence-electron chi connectivity index (χ1n) is 6.56. The zero-order chi connectivity index (χ0) is 13.5. The van der Waals surface area contributed by atoms with Crippen LogP contribution in [-0.4, -0.2) is 48.0 Å². The second kappa shape index (κ2) is 7.20. The van der Waals surface area contributed by atoms with Gasteiger partial charge < -0.3 is 21.2 Å². The first-order valence-corrected chi connectivity index (χ1v) is 6.56. The van der Waals surface area contributed by atoms with Crippen molar-refractivity contribution in [2.75, 3.05) is 26.2 Å². The number of carbonyl (C=O) groups is 1. The van der Waals surface area contributed by atoms with E-state index < -0.39 is 5.92 Å². The lowest BCUT2D eigenvalue weighted by Gasteiger charge is -2.31. The number of oxime groups is 1. The molecule has 0 aromatic rings. The molecule has 0 saturated carbocycles. The summed E-state index contributed by atoms with van der Waals surface area (Å²) in [6.45, 7) is 7.78. The second-order valence-electron chi connectivity index (χ2n) is 4.87. The summed E-state index contributed by atoms with van der Waals surface area (Å²) >= 11 is 0. The summed E-state index contributed by atoms with van der Waals surface area (Å²) in [6, 6.07) is 0. The highest BCUT2D eigenvalue weighted by Crippen LogP contribution is 2.15. The molecule has 6 nitrogen and oxygen atoms in total. The van der Waals surface area contributed by atoms with Crippen LogP contribution < -0.4 is 11.1 Å². The summed E-state index contributed by atoms with van der Waals surface area (Å²) in [5.41, 5.74) is 5.39. The van der Waals surface area contributed by atoms with Gasteiger partial charge in [0.05, 0.1) is 5.92 Å². The van der Waals surface area contributed by atoms with Gasteiger partial charge in [-0.2, -0.15) is 0 Å². The van der Waals surface area contributed by atoms with E-state index in [2.05, 4.69) is 22.3 Å². The standard InChI is InChI=1S/C12H24N4O2/c1-3-16-6-4-10(5-7-16)8-14-12(17)9(2)11(13)15-18/h9-10,18H,3-8H2,1-2H3,(H2,13,15)(H,14,17). The number of nitrogens with two attached hydrogens (primary N) is 1. The normalized spacial score (nSPS) is 20.7. The number of likely N-dealkylation sites (tertiary alicyclic amines) is 1. The van der Waals surface area contributed by atoms with Gasteiger partial charge in [-0.15, -0.1) is 0 Å². The molecular formula is C12H24N4O2. The molecule has 0 bridgehead atoms. The topological polar surface area (TPSA) is 91.0 Å². The fourth-order valence-electron chi connectivity index (χ4n) is 2.13. The number of hydrogen-bond donors (Lipinski definition) is 3. The van der Waals surface area contributed by atoms with E-state index in [1.807, 2.05) is 0 Å². The van der Waals surface area contributed by atoms with E-state index in [4.69, 9.17) is 10.9 Å². The van der Waals surface area contributed by atoms with Crippen molar-refractivity contribution in [3.8, 4) is 0 Å². The molecule has 0 radical (unpaired) electrons. The van der Waals surface area contributed by atoms with Gasteiger partial charge in [-0.05, 0) is 45.3 Å². The van der Waals surface area contributed by atoms with Crippen molar-refractivity contribution in [3.05, 3.63) is 0 Å². The van der Waals surface area contributed by atoms with E-state index in [-0.39, 0.29) is 11.7 Å². The van der Waals surface area contributed by atoms with Crippen molar-refractivity contribution in [2.45, 2.75) is 26.7 Å². The molecule has 1 amide bonds. The largest absolute Gasteiger partial charge is 0.409 e. The molecule has 1 fully saturated rings. The predicted octanol–water partition coefficient (Wildman–Crippen LogP) is 0.217. The summed E-state index contributed by atoms with van der Waals surface area (Å²) in [6.07, 6.45) is 2.23. The maximum Gasteiger partial charge on any atom is 0.230 e. The third-order valence-corrected chi connectivity index (χ3v) is 3.67. The number of nitrogens with one attached hydrogen (secondary N) is 1. The van der Waals surface area contributed by atoms with E-state index in [0.717, 1.165) is 32.5 Å². The fraction of sp³-hybridized carbons (Fsp3) is 0.833. The Balaban J connectivity index is 2.27. The SMILES string of the molecule is CCN1CCC(CNC(=O)C(C)C(N)=NO)CC1. The van der Waals surface area contributed by atoms with Crippen molar-refractivity contribution >= 4 is 11.7 Å². The van der Waals surface area contributed by atoms with E-state index in [1.54, 1.807) is 6.92 Å². The number of hydrogen-bond acceptors (Lipinski definition) is 4. The van der Waals surface area contributed by atoms with Gasteiger partial charge in [-0.25, -0.2) is 0 Å². The molecule has 6 heteroatoms. The van der Waals surface area contributed by atoms with Crippen LogP contribution in [0.1, 0.15) is 26.7 Å². The van der Waals surface area contributed by atoms with Crippen LogP contribution in [0.4, 0.5) is 0 Å². The monoisotopic (exact) mass is 256 g/mol. The van der Waals surface area contributed by atoms with Gasteiger partial charge >= 0.3 is 0 Å². The second-order valence-corrected chi connectivity index (χ2v) is 4.87. The number of amidine groups is 1. The molecule has 0 aliphatic carbocycles. The number of piperidine rings is 1. The molecule has 0 aromatic carbocycles. The predicted molar refractivity (Wildman–Crippen MR) is 70.4 cm³/mol. The van der Waals surface area contributed by atoms with Crippen molar-refractivity contribution in [3.63, 3.8) is 0 Å². The average molecular weight is 256 g/mol. The van der Waals surface area contributed by atoms with Crippen LogP contribution in [-0.2, 0) is 4.79 Å². The Bertz CT molecular complexity index is 298. The minimum Gasteiger partial charge on any atom is -0.409 e. The third-order valence-electron chi connectivity index (χ3n) is 3.67. The summed E-state index contributed by atoms with van der Waals surface area (Å²) in [4.78, 5) is 14.1. The van der Waals surface area contributed by atoms with Crippen molar-refractivity contribution in [1.29, 1.82) is 0 Å². The van der Waals surface area contributed by atoms with E-state index in [0.29, 0.717) is 12.5 Å². The summed E-state index contributed by atoms with van der Waals surface area (Å²) in [5, 5.41) is 14.2. The van der Waals surface area contributed by atoms with Gasteiger partial charge in [0.15, 0.2) is 5.84 Å². The Morgan fingerprint density at radius 3 is 2.67 bits per heavy atom. The highest BCUT2D eigenvalue weighted by atomic mass is 16.4. The molecule has 104 valence electrons. The summed E-state index contributed by atoms with van der Waals surface area (Å²) < 4.78 is 0. The molecule has 4 N–H and O–H groups in total. The minimum absolute atomic E-state index is 0.0479.